The summed E-state index contributed by atoms with van der Waals surface area (Å²) >= 11 is 11.5. The zero-order valence-corrected chi connectivity index (χ0v) is 17.9. The zero-order chi connectivity index (χ0) is 18.8. The summed E-state index contributed by atoms with van der Waals surface area (Å²) in [5, 5.41) is 0.473. The van der Waals surface area contributed by atoms with Crippen LogP contribution in [-0.2, 0) is 14.3 Å². The molecule has 0 bridgehead atoms. The minimum atomic E-state index is -0.480. The number of esters is 2. The van der Waals surface area contributed by atoms with E-state index in [-0.39, 0.29) is 0 Å². The van der Waals surface area contributed by atoms with Crippen LogP contribution in [0.1, 0.15) is 18.1 Å². The van der Waals surface area contributed by atoms with Crippen molar-refractivity contribution in [3.63, 3.8) is 0 Å². The van der Waals surface area contributed by atoms with Gasteiger partial charge in [-0.05, 0) is 59.0 Å². The summed E-state index contributed by atoms with van der Waals surface area (Å²) in [6.45, 7) is 1.32. The molecule has 0 saturated carbocycles. The molecule has 0 aliphatic carbocycles. The molecule has 2 aromatic carbocycles. The van der Waals surface area contributed by atoms with Gasteiger partial charge in [0.05, 0.1) is 9.14 Å². The maximum absolute atomic E-state index is 12.2. The number of halogens is 3. The van der Waals surface area contributed by atoms with Crippen molar-refractivity contribution in [2.75, 3.05) is 0 Å². The predicted molar refractivity (Wildman–Crippen MR) is 112 cm³/mol. The molecule has 0 fully saturated rings. The average Bonchev–Trinajstić information content (AvgIpc) is 2.92. The number of hydrogen-bond donors (Lipinski definition) is 0. The molecule has 0 radical (unpaired) electrons. The summed E-state index contributed by atoms with van der Waals surface area (Å²) in [6, 6.07) is 10.7. The van der Waals surface area contributed by atoms with Crippen LogP contribution in [0, 0.1) is 3.57 Å². The fourth-order valence-electron chi connectivity index (χ4n) is 2.35. The fourth-order valence-corrected chi connectivity index (χ4v) is 3.78. The van der Waals surface area contributed by atoms with Gasteiger partial charge in [0.2, 0.25) is 0 Å². The Labute approximate surface area is 177 Å². The minimum absolute atomic E-state index is 0.342. The molecule has 0 amide bonds. The zero-order valence-electron chi connectivity index (χ0n) is 13.4. The van der Waals surface area contributed by atoms with E-state index in [9.17, 15) is 9.59 Å². The molecule has 26 heavy (non-hydrogen) atoms. The van der Waals surface area contributed by atoms with E-state index in [0.29, 0.717) is 31.2 Å². The highest BCUT2D eigenvalue weighted by Gasteiger charge is 2.23. The lowest BCUT2D eigenvalue weighted by atomic mass is 10.1. The molecule has 4 nitrogen and oxygen atoms in total. The van der Waals surface area contributed by atoms with Gasteiger partial charge in [-0.15, -0.1) is 0 Å². The number of carbonyl (C=O) groups is 2. The molecular weight excluding hydrogens is 534 g/mol. The van der Waals surface area contributed by atoms with Gasteiger partial charge in [0.1, 0.15) is 5.76 Å². The first-order chi connectivity index (χ1) is 12.3. The second-order valence-electron chi connectivity index (χ2n) is 5.40. The Bertz CT molecular complexity index is 964. The Morgan fingerprint density at radius 2 is 1.96 bits per heavy atom. The smallest absolute Gasteiger partial charge is 0.343 e. The molecule has 1 aliphatic rings. The standard InChI is InChI=1S/C19H11BrClIO4/c1-10(23)25-18-12(7-15(21)9-16(18)22)6-13-8-17(26-19(13)24)11-2-4-14(20)5-3-11/h2-9H,1H3/b13-6+. The van der Waals surface area contributed by atoms with Gasteiger partial charge in [0.15, 0.2) is 5.75 Å². The largest absolute Gasteiger partial charge is 0.425 e. The Hall–Kier alpha value is -1.64. The maximum Gasteiger partial charge on any atom is 0.343 e. The molecule has 2 aromatic rings. The first-order valence-corrected chi connectivity index (χ1v) is 9.67. The van der Waals surface area contributed by atoms with E-state index in [1.807, 2.05) is 46.9 Å². The van der Waals surface area contributed by atoms with E-state index < -0.39 is 11.9 Å². The lowest BCUT2D eigenvalue weighted by Gasteiger charge is -2.09. The number of carbonyl (C=O) groups excluding carboxylic acids is 2. The highest BCUT2D eigenvalue weighted by Crippen LogP contribution is 2.34. The second kappa shape index (κ2) is 7.94. The van der Waals surface area contributed by atoms with E-state index in [2.05, 4.69) is 15.9 Å². The van der Waals surface area contributed by atoms with Crippen molar-refractivity contribution in [3.05, 3.63) is 72.2 Å². The second-order valence-corrected chi connectivity index (χ2v) is 7.92. The van der Waals surface area contributed by atoms with Crippen molar-refractivity contribution in [2.24, 2.45) is 0 Å². The van der Waals surface area contributed by atoms with Gasteiger partial charge in [-0.3, -0.25) is 4.79 Å². The summed E-state index contributed by atoms with van der Waals surface area (Å²) < 4.78 is 12.2. The molecule has 0 spiro atoms. The summed E-state index contributed by atoms with van der Waals surface area (Å²) in [6.07, 6.45) is 3.25. The predicted octanol–water partition coefficient (Wildman–Crippen LogP) is 5.61. The Morgan fingerprint density at radius 1 is 1.27 bits per heavy atom. The van der Waals surface area contributed by atoms with Crippen LogP contribution in [0.15, 0.2) is 52.5 Å². The number of hydrogen-bond acceptors (Lipinski definition) is 4. The van der Waals surface area contributed by atoms with E-state index in [1.165, 1.54) is 6.92 Å². The van der Waals surface area contributed by atoms with E-state index in [1.54, 1.807) is 24.3 Å². The molecule has 0 aromatic heterocycles. The molecule has 7 heteroatoms. The Morgan fingerprint density at radius 3 is 2.62 bits per heavy atom. The van der Waals surface area contributed by atoms with Crippen LogP contribution >= 0.6 is 50.1 Å². The quantitative estimate of drug-likeness (QED) is 0.218. The van der Waals surface area contributed by atoms with Crippen molar-refractivity contribution in [1.82, 2.24) is 0 Å². The average molecular weight is 546 g/mol. The van der Waals surface area contributed by atoms with Gasteiger partial charge in [-0.25, -0.2) is 4.79 Å². The lowest BCUT2D eigenvalue weighted by Crippen LogP contribution is -2.05. The van der Waals surface area contributed by atoms with Crippen LogP contribution in [0.4, 0.5) is 0 Å². The van der Waals surface area contributed by atoms with Gasteiger partial charge in [0, 0.05) is 27.5 Å². The third kappa shape index (κ3) is 4.36. The van der Waals surface area contributed by atoms with Gasteiger partial charge >= 0.3 is 11.9 Å². The summed E-state index contributed by atoms with van der Waals surface area (Å²) in [7, 11) is 0. The van der Waals surface area contributed by atoms with Gasteiger partial charge in [0.25, 0.3) is 0 Å². The van der Waals surface area contributed by atoms with Crippen molar-refractivity contribution in [1.29, 1.82) is 0 Å². The lowest BCUT2D eigenvalue weighted by molar-refractivity contribution is -0.132. The maximum atomic E-state index is 12.2. The molecule has 3 rings (SSSR count). The minimum Gasteiger partial charge on any atom is -0.425 e. The topological polar surface area (TPSA) is 52.6 Å². The summed E-state index contributed by atoms with van der Waals surface area (Å²) in [5.41, 5.74) is 1.65. The first kappa shape index (κ1) is 19.1. The molecule has 0 saturated heterocycles. The monoisotopic (exact) mass is 544 g/mol. The molecule has 132 valence electrons. The third-order valence-corrected chi connectivity index (χ3v) is 5.00. The molecule has 0 atom stereocenters. The molecule has 1 heterocycles. The molecule has 1 aliphatic heterocycles. The highest BCUT2D eigenvalue weighted by atomic mass is 127. The van der Waals surface area contributed by atoms with Gasteiger partial charge < -0.3 is 9.47 Å². The summed E-state index contributed by atoms with van der Waals surface area (Å²) in [5.74, 6) is -0.121. The van der Waals surface area contributed by atoms with Crippen LogP contribution in [0.5, 0.6) is 5.75 Å². The van der Waals surface area contributed by atoms with Crippen molar-refractivity contribution in [2.45, 2.75) is 6.92 Å². The normalized spacial score (nSPS) is 15.0. The van der Waals surface area contributed by atoms with Gasteiger partial charge in [-0.1, -0.05) is 39.7 Å². The van der Waals surface area contributed by atoms with E-state index in [4.69, 9.17) is 21.1 Å². The third-order valence-electron chi connectivity index (χ3n) is 3.45. The SMILES string of the molecule is CC(=O)Oc1c(I)cc(Cl)cc1/C=C1\C=C(c2ccc(Br)cc2)OC1=O. The summed E-state index contributed by atoms with van der Waals surface area (Å²) in [4.78, 5) is 23.6. The molecule has 0 N–H and O–H groups in total. The van der Waals surface area contributed by atoms with Crippen LogP contribution in [0.2, 0.25) is 5.02 Å². The van der Waals surface area contributed by atoms with Crippen LogP contribution < -0.4 is 4.74 Å². The molecule has 0 unspecified atom stereocenters. The van der Waals surface area contributed by atoms with Crippen molar-refractivity contribution < 1.29 is 19.1 Å². The first-order valence-electron chi connectivity index (χ1n) is 7.42. The fraction of sp³-hybridized carbons (Fsp3) is 0.0526. The van der Waals surface area contributed by atoms with Crippen LogP contribution in [-0.4, -0.2) is 11.9 Å². The van der Waals surface area contributed by atoms with Crippen LogP contribution in [0.3, 0.4) is 0 Å². The number of benzene rings is 2. The van der Waals surface area contributed by atoms with E-state index >= 15 is 0 Å². The van der Waals surface area contributed by atoms with Crippen LogP contribution in [0.25, 0.3) is 11.8 Å². The van der Waals surface area contributed by atoms with Gasteiger partial charge in [-0.2, -0.15) is 0 Å². The van der Waals surface area contributed by atoms with E-state index in [0.717, 1.165) is 10.0 Å². The Kier molecular flexibility index (Phi) is 5.84. The number of ether oxygens (including phenoxy) is 2. The molecular formula is C19H11BrClIO4. The van der Waals surface area contributed by atoms with Crippen molar-refractivity contribution in [3.8, 4) is 5.75 Å². The number of cyclic esters (lactones) is 1. The Balaban J connectivity index is 2.03. The van der Waals surface area contributed by atoms with Crippen molar-refractivity contribution >= 4 is 73.9 Å². The highest BCUT2D eigenvalue weighted by molar-refractivity contribution is 14.1. The number of rotatable bonds is 3.